The molecule has 0 spiro atoms. The minimum absolute atomic E-state index is 0.654. The second-order valence-corrected chi connectivity index (χ2v) is 5.32. The Bertz CT molecular complexity index is 325. The van der Waals surface area contributed by atoms with Gasteiger partial charge < -0.3 is 4.90 Å². The van der Waals surface area contributed by atoms with Gasteiger partial charge in [-0.25, -0.2) is 4.98 Å². The van der Waals surface area contributed by atoms with Gasteiger partial charge in [0.2, 0.25) is 5.13 Å². The zero-order chi connectivity index (χ0) is 11.4. The molecule has 1 fully saturated rings. The quantitative estimate of drug-likeness (QED) is 0.735. The molecule has 1 aromatic rings. The van der Waals surface area contributed by atoms with Crippen molar-refractivity contribution in [3.63, 3.8) is 0 Å². The molecule has 0 saturated heterocycles. The van der Waals surface area contributed by atoms with Crippen LogP contribution in [0.5, 0.6) is 0 Å². The van der Waals surface area contributed by atoms with E-state index < -0.39 is 0 Å². The molecule has 90 valence electrons. The first-order chi connectivity index (χ1) is 7.85. The highest BCUT2D eigenvalue weighted by Gasteiger charge is 2.26. The predicted molar refractivity (Wildman–Crippen MR) is 69.6 cm³/mol. The van der Waals surface area contributed by atoms with Crippen molar-refractivity contribution < 1.29 is 0 Å². The summed E-state index contributed by atoms with van der Waals surface area (Å²) in [7, 11) is 0. The number of alkyl halides is 1. The van der Waals surface area contributed by atoms with Crippen LogP contribution in [0.3, 0.4) is 0 Å². The van der Waals surface area contributed by atoms with E-state index in [0.717, 1.165) is 30.3 Å². The Labute approximate surface area is 106 Å². The highest BCUT2D eigenvalue weighted by molar-refractivity contribution is 7.09. The highest BCUT2D eigenvalue weighted by atomic mass is 35.5. The van der Waals surface area contributed by atoms with Crippen molar-refractivity contribution in [2.24, 2.45) is 0 Å². The van der Waals surface area contributed by atoms with Crippen LogP contribution in [0.2, 0.25) is 0 Å². The number of hydrogen-bond acceptors (Lipinski definition) is 4. The van der Waals surface area contributed by atoms with Crippen LogP contribution in [0, 0.1) is 0 Å². The van der Waals surface area contributed by atoms with Crippen molar-refractivity contribution in [1.29, 1.82) is 0 Å². The average Bonchev–Trinajstić information content (AvgIpc) is 2.63. The standard InChI is InChI=1S/C11H18ClN3S/c1-2-4-10-13-11(16-14-10)15(8-7-12)9-5-3-6-9/h9H,2-8H2,1H3. The van der Waals surface area contributed by atoms with Gasteiger partial charge in [-0.1, -0.05) is 6.92 Å². The predicted octanol–water partition coefficient (Wildman–Crippen LogP) is 3.09. The molecule has 0 N–H and O–H groups in total. The number of halogens is 1. The van der Waals surface area contributed by atoms with Crippen LogP contribution >= 0.6 is 23.1 Å². The second-order valence-electron chi connectivity index (χ2n) is 4.21. The maximum absolute atomic E-state index is 5.85. The summed E-state index contributed by atoms with van der Waals surface area (Å²) in [5.41, 5.74) is 0. The molecule has 1 aliphatic carbocycles. The lowest BCUT2D eigenvalue weighted by molar-refractivity contribution is 0.390. The van der Waals surface area contributed by atoms with Gasteiger partial charge >= 0.3 is 0 Å². The van der Waals surface area contributed by atoms with Crippen LogP contribution in [0.25, 0.3) is 0 Å². The molecule has 0 aromatic carbocycles. The normalized spacial score (nSPS) is 16.1. The topological polar surface area (TPSA) is 29.0 Å². The number of aromatic nitrogens is 2. The Morgan fingerprint density at radius 1 is 1.50 bits per heavy atom. The first kappa shape index (κ1) is 12.1. The lowest BCUT2D eigenvalue weighted by Crippen LogP contribution is -2.41. The minimum Gasteiger partial charge on any atom is -0.343 e. The van der Waals surface area contributed by atoms with Gasteiger partial charge in [-0.3, -0.25) is 0 Å². The summed E-state index contributed by atoms with van der Waals surface area (Å²) in [6, 6.07) is 0.654. The molecule has 5 heteroatoms. The van der Waals surface area contributed by atoms with E-state index >= 15 is 0 Å². The summed E-state index contributed by atoms with van der Waals surface area (Å²) in [6.07, 6.45) is 5.98. The van der Waals surface area contributed by atoms with E-state index in [2.05, 4.69) is 21.2 Å². The minimum atomic E-state index is 0.654. The van der Waals surface area contributed by atoms with Gasteiger partial charge in [0.15, 0.2) is 0 Å². The van der Waals surface area contributed by atoms with Gasteiger partial charge in [0.05, 0.1) is 0 Å². The number of rotatable bonds is 6. The van der Waals surface area contributed by atoms with E-state index in [0.29, 0.717) is 11.9 Å². The molecule has 1 saturated carbocycles. The van der Waals surface area contributed by atoms with Crippen molar-refractivity contribution in [2.45, 2.75) is 45.1 Å². The monoisotopic (exact) mass is 259 g/mol. The fraction of sp³-hybridized carbons (Fsp3) is 0.818. The zero-order valence-corrected chi connectivity index (χ0v) is 11.2. The van der Waals surface area contributed by atoms with Crippen LogP contribution in [0.15, 0.2) is 0 Å². The Morgan fingerprint density at radius 2 is 2.31 bits per heavy atom. The molecule has 3 nitrogen and oxygen atoms in total. The molecule has 2 rings (SSSR count). The summed E-state index contributed by atoms with van der Waals surface area (Å²) in [5.74, 6) is 1.65. The van der Waals surface area contributed by atoms with Gasteiger partial charge in [-0.2, -0.15) is 4.37 Å². The summed E-state index contributed by atoms with van der Waals surface area (Å²) < 4.78 is 4.40. The molecule has 0 unspecified atom stereocenters. The molecule has 1 aromatic heterocycles. The second kappa shape index (κ2) is 5.82. The summed E-state index contributed by atoms with van der Waals surface area (Å²) in [4.78, 5) is 6.94. The van der Waals surface area contributed by atoms with E-state index in [1.165, 1.54) is 30.8 Å². The smallest absolute Gasteiger partial charge is 0.205 e. The van der Waals surface area contributed by atoms with Crippen LogP contribution in [0.4, 0.5) is 5.13 Å². The van der Waals surface area contributed by atoms with Crippen LogP contribution in [-0.4, -0.2) is 27.8 Å². The summed E-state index contributed by atoms with van der Waals surface area (Å²) in [6.45, 7) is 3.05. The fourth-order valence-electron chi connectivity index (χ4n) is 1.91. The van der Waals surface area contributed by atoms with Gasteiger partial charge in [0, 0.05) is 36.4 Å². The van der Waals surface area contributed by atoms with Crippen LogP contribution in [-0.2, 0) is 6.42 Å². The third-order valence-corrected chi connectivity index (χ3v) is 3.98. The van der Waals surface area contributed by atoms with Crippen molar-refractivity contribution in [1.82, 2.24) is 9.36 Å². The Morgan fingerprint density at radius 3 is 2.88 bits per heavy atom. The number of aryl methyl sites for hydroxylation is 1. The van der Waals surface area contributed by atoms with Gasteiger partial charge in [-0.15, -0.1) is 11.6 Å². The van der Waals surface area contributed by atoms with Gasteiger partial charge in [0.1, 0.15) is 5.82 Å². The van der Waals surface area contributed by atoms with E-state index in [9.17, 15) is 0 Å². The first-order valence-corrected chi connectivity index (χ1v) is 7.31. The third kappa shape index (κ3) is 2.66. The maximum atomic E-state index is 5.85. The molecule has 16 heavy (non-hydrogen) atoms. The molecule has 0 aliphatic heterocycles. The van der Waals surface area contributed by atoms with Crippen molar-refractivity contribution >= 4 is 28.3 Å². The van der Waals surface area contributed by atoms with E-state index in [-0.39, 0.29) is 0 Å². The fourth-order valence-corrected chi connectivity index (χ4v) is 2.90. The largest absolute Gasteiger partial charge is 0.343 e. The van der Waals surface area contributed by atoms with Crippen LogP contribution < -0.4 is 4.90 Å². The molecule has 0 radical (unpaired) electrons. The van der Waals surface area contributed by atoms with Crippen molar-refractivity contribution in [2.75, 3.05) is 17.3 Å². The third-order valence-electron chi connectivity index (χ3n) is 3.02. The van der Waals surface area contributed by atoms with Gasteiger partial charge in [-0.05, 0) is 25.7 Å². The summed E-state index contributed by atoms with van der Waals surface area (Å²) >= 11 is 7.38. The lowest BCUT2D eigenvalue weighted by Gasteiger charge is -2.36. The van der Waals surface area contributed by atoms with E-state index in [4.69, 9.17) is 11.6 Å². The maximum Gasteiger partial charge on any atom is 0.205 e. The first-order valence-electron chi connectivity index (χ1n) is 6.00. The number of nitrogens with zero attached hydrogens (tertiary/aromatic N) is 3. The highest BCUT2D eigenvalue weighted by Crippen LogP contribution is 2.30. The number of hydrogen-bond donors (Lipinski definition) is 0. The average molecular weight is 260 g/mol. The molecule has 0 atom stereocenters. The molecule has 0 amide bonds. The Kier molecular flexibility index (Phi) is 4.41. The Hall–Kier alpha value is -0.350. The van der Waals surface area contributed by atoms with Crippen molar-refractivity contribution in [3.05, 3.63) is 5.82 Å². The van der Waals surface area contributed by atoms with Crippen LogP contribution in [0.1, 0.15) is 38.4 Å². The zero-order valence-electron chi connectivity index (χ0n) is 9.65. The summed E-state index contributed by atoms with van der Waals surface area (Å²) in [5, 5.41) is 1.06. The molecule has 1 heterocycles. The van der Waals surface area contributed by atoms with E-state index in [1.54, 1.807) is 0 Å². The molecule has 1 aliphatic rings. The molecular weight excluding hydrogens is 242 g/mol. The van der Waals surface area contributed by atoms with E-state index in [1.807, 2.05) is 0 Å². The Balaban J connectivity index is 2.04. The SMILES string of the molecule is CCCc1nsc(N(CCCl)C2CCC2)n1. The van der Waals surface area contributed by atoms with Gasteiger partial charge in [0.25, 0.3) is 0 Å². The molecule has 0 bridgehead atoms. The molecular formula is C11H18ClN3S. The lowest BCUT2D eigenvalue weighted by atomic mass is 9.92. The van der Waals surface area contributed by atoms with Crippen molar-refractivity contribution in [3.8, 4) is 0 Å². The number of anilines is 1.